The number of carbonyl (C=O) groups is 1. The number of nitrogens with zero attached hydrogens (tertiary/aromatic N) is 3. The van der Waals surface area contributed by atoms with Crippen molar-refractivity contribution in [3.05, 3.63) is 36.3 Å². The molecule has 5 heteroatoms. The fourth-order valence-corrected chi connectivity index (χ4v) is 3.34. The van der Waals surface area contributed by atoms with Crippen molar-refractivity contribution in [3.8, 4) is 0 Å². The topological polar surface area (TPSA) is 57.8 Å². The molecule has 0 bridgehead atoms. The fourth-order valence-electron chi connectivity index (χ4n) is 3.34. The van der Waals surface area contributed by atoms with Gasteiger partial charge in [0.25, 0.3) is 0 Å². The Morgan fingerprint density at radius 1 is 1.38 bits per heavy atom. The molecule has 3 unspecified atom stereocenters. The molecule has 2 aromatic rings. The third kappa shape index (κ3) is 2.65. The van der Waals surface area contributed by atoms with E-state index < -0.39 is 5.97 Å². The first-order valence-electron chi connectivity index (χ1n) is 7.47. The summed E-state index contributed by atoms with van der Waals surface area (Å²) in [5, 5.41) is 9.35. The average molecular weight is 287 g/mol. The van der Waals surface area contributed by atoms with Crippen LogP contribution in [0, 0.1) is 5.92 Å². The Balaban J connectivity index is 1.82. The molecule has 112 valence electrons. The van der Waals surface area contributed by atoms with Crippen molar-refractivity contribution in [1.82, 2.24) is 14.3 Å². The van der Waals surface area contributed by atoms with Crippen molar-refractivity contribution in [2.24, 2.45) is 5.92 Å². The molecule has 3 atom stereocenters. The number of likely N-dealkylation sites (tertiary alicyclic amines) is 1. The molecule has 3 heterocycles. The Labute approximate surface area is 124 Å². The minimum Gasteiger partial charge on any atom is -0.481 e. The molecule has 21 heavy (non-hydrogen) atoms. The van der Waals surface area contributed by atoms with E-state index in [-0.39, 0.29) is 12.0 Å². The Morgan fingerprint density at radius 2 is 2.19 bits per heavy atom. The van der Waals surface area contributed by atoms with E-state index in [9.17, 15) is 9.90 Å². The third-order valence-corrected chi connectivity index (χ3v) is 4.64. The van der Waals surface area contributed by atoms with Crippen molar-refractivity contribution < 1.29 is 9.90 Å². The summed E-state index contributed by atoms with van der Waals surface area (Å²) in [7, 11) is 0. The number of imidazole rings is 1. The molecule has 0 amide bonds. The van der Waals surface area contributed by atoms with Crippen LogP contribution in [0.25, 0.3) is 5.65 Å². The van der Waals surface area contributed by atoms with Gasteiger partial charge in [0.15, 0.2) is 0 Å². The smallest absolute Gasteiger partial charge is 0.308 e. The fraction of sp³-hybridized carbons (Fsp3) is 0.500. The summed E-state index contributed by atoms with van der Waals surface area (Å²) in [4.78, 5) is 18.3. The highest BCUT2D eigenvalue weighted by Gasteiger charge is 2.36. The molecule has 0 aliphatic carbocycles. The first-order valence-corrected chi connectivity index (χ1v) is 7.47. The largest absolute Gasteiger partial charge is 0.481 e. The third-order valence-electron chi connectivity index (χ3n) is 4.64. The highest BCUT2D eigenvalue weighted by atomic mass is 16.4. The van der Waals surface area contributed by atoms with Gasteiger partial charge in [0.2, 0.25) is 0 Å². The zero-order valence-corrected chi connectivity index (χ0v) is 12.4. The predicted molar refractivity (Wildman–Crippen MR) is 80.0 cm³/mol. The number of carboxylic acid groups (broad SMARTS) is 1. The lowest BCUT2D eigenvalue weighted by atomic mass is 9.86. The van der Waals surface area contributed by atoms with E-state index in [2.05, 4.69) is 16.8 Å². The molecule has 2 aromatic heterocycles. The number of carboxylic acids is 1. The van der Waals surface area contributed by atoms with Crippen molar-refractivity contribution in [3.63, 3.8) is 0 Å². The van der Waals surface area contributed by atoms with Crippen molar-refractivity contribution >= 4 is 11.6 Å². The van der Waals surface area contributed by atoms with E-state index in [1.54, 1.807) is 0 Å². The summed E-state index contributed by atoms with van der Waals surface area (Å²) in [6, 6.07) is 6.35. The summed E-state index contributed by atoms with van der Waals surface area (Å²) in [5.41, 5.74) is 1.92. The first-order chi connectivity index (χ1) is 10.1. The SMILES string of the molecule is CC1CCC(C(=O)O)C(C)N1Cc1cn2ccccc2n1. The Hall–Kier alpha value is -1.88. The van der Waals surface area contributed by atoms with E-state index in [0.717, 1.165) is 24.2 Å². The van der Waals surface area contributed by atoms with Crippen LogP contribution in [0.1, 0.15) is 32.4 Å². The quantitative estimate of drug-likeness (QED) is 0.942. The van der Waals surface area contributed by atoms with Gasteiger partial charge in [-0.1, -0.05) is 6.07 Å². The zero-order valence-electron chi connectivity index (χ0n) is 12.4. The number of aliphatic carboxylic acids is 1. The Bertz CT molecular complexity index is 619. The van der Waals surface area contributed by atoms with Gasteiger partial charge in [0.1, 0.15) is 5.65 Å². The molecule has 1 saturated heterocycles. The van der Waals surface area contributed by atoms with Crippen LogP contribution in [0.3, 0.4) is 0 Å². The van der Waals surface area contributed by atoms with Gasteiger partial charge < -0.3 is 9.51 Å². The van der Waals surface area contributed by atoms with Crippen LogP contribution < -0.4 is 0 Å². The molecule has 1 aliphatic rings. The van der Waals surface area contributed by atoms with Gasteiger partial charge >= 0.3 is 5.97 Å². The number of hydrogen-bond acceptors (Lipinski definition) is 3. The molecular formula is C16H21N3O2. The van der Waals surface area contributed by atoms with Crippen molar-refractivity contribution in [1.29, 1.82) is 0 Å². The molecule has 1 N–H and O–H groups in total. The normalized spacial score (nSPS) is 27.0. The predicted octanol–water partition coefficient (Wildman–Crippen LogP) is 2.41. The molecule has 0 spiro atoms. The van der Waals surface area contributed by atoms with E-state index in [0.29, 0.717) is 12.6 Å². The number of rotatable bonds is 3. The zero-order chi connectivity index (χ0) is 15.0. The highest BCUT2D eigenvalue weighted by Crippen LogP contribution is 2.29. The van der Waals surface area contributed by atoms with Crippen molar-refractivity contribution in [2.45, 2.75) is 45.3 Å². The minimum atomic E-state index is -0.686. The number of hydrogen-bond donors (Lipinski definition) is 1. The van der Waals surface area contributed by atoms with Gasteiger partial charge in [-0.25, -0.2) is 4.98 Å². The van der Waals surface area contributed by atoms with Gasteiger partial charge in [0.05, 0.1) is 11.6 Å². The average Bonchev–Trinajstić information content (AvgIpc) is 2.85. The lowest BCUT2D eigenvalue weighted by Crippen LogP contribution is -2.50. The number of pyridine rings is 1. The van der Waals surface area contributed by atoms with Crippen LogP contribution in [0.5, 0.6) is 0 Å². The lowest BCUT2D eigenvalue weighted by molar-refractivity contribution is -0.146. The summed E-state index contributed by atoms with van der Waals surface area (Å²) < 4.78 is 2.00. The summed E-state index contributed by atoms with van der Waals surface area (Å²) in [6.07, 6.45) is 5.70. The van der Waals surface area contributed by atoms with Crippen LogP contribution >= 0.6 is 0 Å². The van der Waals surface area contributed by atoms with E-state index in [4.69, 9.17) is 0 Å². The number of piperidine rings is 1. The maximum absolute atomic E-state index is 11.4. The Morgan fingerprint density at radius 3 is 2.90 bits per heavy atom. The molecule has 1 fully saturated rings. The van der Waals surface area contributed by atoms with Crippen LogP contribution in [0.15, 0.2) is 30.6 Å². The first kappa shape index (κ1) is 14.1. The van der Waals surface area contributed by atoms with Crippen LogP contribution in [-0.4, -0.2) is 37.4 Å². The standard InChI is InChI=1S/C16H21N3O2/c1-11-6-7-14(16(20)21)12(2)19(11)10-13-9-18-8-4-3-5-15(18)17-13/h3-5,8-9,11-12,14H,6-7,10H2,1-2H3,(H,20,21). The molecule has 0 saturated carbocycles. The van der Waals surface area contributed by atoms with E-state index >= 15 is 0 Å². The maximum Gasteiger partial charge on any atom is 0.308 e. The summed E-state index contributed by atoms with van der Waals surface area (Å²) >= 11 is 0. The van der Waals surface area contributed by atoms with E-state index in [1.807, 2.05) is 41.9 Å². The minimum absolute atomic E-state index is 0.0380. The van der Waals surface area contributed by atoms with Gasteiger partial charge in [-0.15, -0.1) is 0 Å². The van der Waals surface area contributed by atoms with Crippen LogP contribution in [0.2, 0.25) is 0 Å². The van der Waals surface area contributed by atoms with Crippen molar-refractivity contribution in [2.75, 3.05) is 0 Å². The molecule has 3 rings (SSSR count). The van der Waals surface area contributed by atoms with Crippen LogP contribution in [0.4, 0.5) is 0 Å². The monoisotopic (exact) mass is 287 g/mol. The van der Waals surface area contributed by atoms with Gasteiger partial charge in [-0.2, -0.15) is 0 Å². The summed E-state index contributed by atoms with van der Waals surface area (Å²) in [6.45, 7) is 4.89. The van der Waals surface area contributed by atoms with Gasteiger partial charge in [-0.3, -0.25) is 9.69 Å². The van der Waals surface area contributed by atoms with E-state index in [1.165, 1.54) is 0 Å². The molecule has 0 radical (unpaired) electrons. The Kier molecular flexibility index (Phi) is 3.68. The molecule has 5 nitrogen and oxygen atoms in total. The van der Waals surface area contributed by atoms with Gasteiger partial charge in [0, 0.05) is 31.0 Å². The number of fused-ring (bicyclic) bond motifs is 1. The molecule has 1 aliphatic heterocycles. The molecular weight excluding hydrogens is 266 g/mol. The second-order valence-electron chi connectivity index (χ2n) is 5.98. The molecule has 0 aromatic carbocycles. The summed E-state index contributed by atoms with van der Waals surface area (Å²) in [5.74, 6) is -0.965. The highest BCUT2D eigenvalue weighted by molar-refractivity contribution is 5.71. The maximum atomic E-state index is 11.4. The van der Waals surface area contributed by atoms with Gasteiger partial charge in [-0.05, 0) is 38.8 Å². The second kappa shape index (κ2) is 5.48. The second-order valence-corrected chi connectivity index (χ2v) is 5.98. The number of aromatic nitrogens is 2. The lowest BCUT2D eigenvalue weighted by Gasteiger charge is -2.41. The van der Waals surface area contributed by atoms with Crippen LogP contribution in [-0.2, 0) is 11.3 Å².